The standard InChI is InChI=1S/C16H12N2O2S/c19-15(20)11-6-7-13-14(8-11)21-16-17-12(9-18(13)16)10-4-2-1-3-5-10/h1-8,16H,9H2,(H,19,20)/p-1/t16-/m1/s1. The van der Waals surface area contributed by atoms with E-state index in [-0.39, 0.29) is 11.1 Å². The topological polar surface area (TPSA) is 55.7 Å². The molecule has 104 valence electrons. The molecular formula is C16H11N2O2S-. The van der Waals surface area contributed by atoms with E-state index in [1.807, 2.05) is 24.3 Å². The van der Waals surface area contributed by atoms with Gasteiger partial charge < -0.3 is 14.8 Å². The first kappa shape index (κ1) is 12.5. The quantitative estimate of drug-likeness (QED) is 0.847. The number of rotatable bonds is 2. The summed E-state index contributed by atoms with van der Waals surface area (Å²) in [6, 6.07) is 15.2. The summed E-state index contributed by atoms with van der Waals surface area (Å²) in [6.45, 7) is 0.749. The van der Waals surface area contributed by atoms with Crippen LogP contribution in [0.15, 0.2) is 58.4 Å². The molecule has 1 atom stereocenters. The van der Waals surface area contributed by atoms with Crippen molar-refractivity contribution >= 4 is 29.1 Å². The SMILES string of the molecule is O=C([O-])c1ccc2c(c1)S[C@@H]1N=C(c3ccccc3)CN21. The Morgan fingerprint density at radius 1 is 1.24 bits per heavy atom. The summed E-state index contributed by atoms with van der Waals surface area (Å²) in [5, 5.41) is 10.9. The highest BCUT2D eigenvalue weighted by Crippen LogP contribution is 2.46. The predicted octanol–water partition coefficient (Wildman–Crippen LogP) is 1.75. The first-order valence-electron chi connectivity index (χ1n) is 6.63. The number of benzene rings is 2. The molecule has 2 aromatic carbocycles. The predicted molar refractivity (Wildman–Crippen MR) is 80.7 cm³/mol. The summed E-state index contributed by atoms with van der Waals surface area (Å²) in [4.78, 5) is 18.8. The zero-order valence-corrected chi connectivity index (χ0v) is 11.8. The molecule has 0 unspecified atom stereocenters. The number of nitrogens with zero attached hydrogens (tertiary/aromatic N) is 2. The summed E-state index contributed by atoms with van der Waals surface area (Å²) < 4.78 is 0. The Hall–Kier alpha value is -2.27. The minimum atomic E-state index is -1.14. The number of fused-ring (bicyclic) bond motifs is 3. The van der Waals surface area contributed by atoms with Gasteiger partial charge in [0.15, 0.2) is 5.50 Å². The van der Waals surface area contributed by atoms with Gasteiger partial charge in [-0.25, -0.2) is 0 Å². The van der Waals surface area contributed by atoms with Gasteiger partial charge in [-0.1, -0.05) is 48.2 Å². The molecule has 0 fully saturated rings. The Labute approximate surface area is 126 Å². The minimum Gasteiger partial charge on any atom is -0.545 e. The fourth-order valence-corrected chi connectivity index (χ4v) is 3.88. The summed E-state index contributed by atoms with van der Waals surface area (Å²) in [5.74, 6) is -1.14. The van der Waals surface area contributed by atoms with Gasteiger partial charge in [-0.2, -0.15) is 0 Å². The molecule has 2 heterocycles. The van der Waals surface area contributed by atoms with Gasteiger partial charge in [-0.05, 0) is 23.3 Å². The largest absolute Gasteiger partial charge is 0.545 e. The molecule has 4 rings (SSSR count). The molecule has 0 aliphatic carbocycles. The lowest BCUT2D eigenvalue weighted by molar-refractivity contribution is -0.255. The van der Waals surface area contributed by atoms with Crippen LogP contribution in [0.5, 0.6) is 0 Å². The molecular weight excluding hydrogens is 284 g/mol. The Morgan fingerprint density at radius 3 is 2.81 bits per heavy atom. The molecule has 0 radical (unpaired) electrons. The van der Waals surface area contributed by atoms with E-state index < -0.39 is 5.97 Å². The van der Waals surface area contributed by atoms with Crippen molar-refractivity contribution in [1.29, 1.82) is 0 Å². The van der Waals surface area contributed by atoms with E-state index in [9.17, 15) is 9.90 Å². The molecule has 0 bridgehead atoms. The third-order valence-corrected chi connectivity index (χ3v) is 4.85. The molecule has 0 aromatic heterocycles. The van der Waals surface area contributed by atoms with Crippen molar-refractivity contribution in [3.8, 4) is 0 Å². The van der Waals surface area contributed by atoms with Crippen LogP contribution in [0.2, 0.25) is 0 Å². The number of carboxylic acids is 1. The lowest BCUT2D eigenvalue weighted by Gasteiger charge is -2.16. The Balaban J connectivity index is 1.65. The van der Waals surface area contributed by atoms with Crippen LogP contribution in [0, 0.1) is 0 Å². The second-order valence-corrected chi connectivity index (χ2v) is 6.08. The molecule has 0 spiro atoms. The number of aromatic carboxylic acids is 1. The molecule has 5 heteroatoms. The molecule has 0 amide bonds. The van der Waals surface area contributed by atoms with Crippen molar-refractivity contribution in [1.82, 2.24) is 0 Å². The maximum absolute atomic E-state index is 10.9. The van der Waals surface area contributed by atoms with Crippen molar-refractivity contribution in [2.75, 3.05) is 11.4 Å². The normalized spacial score (nSPS) is 19.1. The number of carbonyl (C=O) groups is 1. The van der Waals surface area contributed by atoms with E-state index in [1.54, 1.807) is 23.9 Å². The van der Waals surface area contributed by atoms with Gasteiger partial charge in [0.05, 0.1) is 23.9 Å². The highest BCUT2D eigenvalue weighted by atomic mass is 32.2. The van der Waals surface area contributed by atoms with Crippen LogP contribution in [-0.2, 0) is 0 Å². The number of hydrogen-bond donors (Lipinski definition) is 0. The minimum absolute atomic E-state index is 0.00668. The number of aliphatic imine (C=N–C) groups is 1. The number of carboxylic acid groups (broad SMARTS) is 1. The Kier molecular flexibility index (Phi) is 2.75. The van der Waals surface area contributed by atoms with Gasteiger partial charge in [-0.15, -0.1) is 0 Å². The molecule has 2 aliphatic heterocycles. The second kappa shape index (κ2) is 4.63. The lowest BCUT2D eigenvalue weighted by Crippen LogP contribution is -2.25. The van der Waals surface area contributed by atoms with Crippen LogP contribution < -0.4 is 10.0 Å². The van der Waals surface area contributed by atoms with Crippen LogP contribution in [-0.4, -0.2) is 23.7 Å². The molecule has 2 aliphatic rings. The third kappa shape index (κ3) is 2.01. The van der Waals surface area contributed by atoms with Crippen LogP contribution >= 0.6 is 11.8 Å². The van der Waals surface area contributed by atoms with E-state index in [0.29, 0.717) is 0 Å². The van der Waals surface area contributed by atoms with Crippen LogP contribution in [0.1, 0.15) is 15.9 Å². The van der Waals surface area contributed by atoms with E-state index >= 15 is 0 Å². The molecule has 0 saturated heterocycles. The lowest BCUT2D eigenvalue weighted by atomic mass is 10.1. The number of carbonyl (C=O) groups excluding carboxylic acids is 1. The summed E-state index contributed by atoms with van der Waals surface area (Å²) >= 11 is 1.58. The monoisotopic (exact) mass is 295 g/mol. The number of anilines is 1. The maximum atomic E-state index is 10.9. The van der Waals surface area contributed by atoms with E-state index in [0.717, 1.165) is 28.4 Å². The van der Waals surface area contributed by atoms with Crippen molar-refractivity contribution in [2.24, 2.45) is 4.99 Å². The highest BCUT2D eigenvalue weighted by molar-refractivity contribution is 8.00. The average molecular weight is 295 g/mol. The van der Waals surface area contributed by atoms with E-state index in [1.165, 1.54) is 0 Å². The first-order chi connectivity index (χ1) is 10.2. The van der Waals surface area contributed by atoms with Gasteiger partial charge >= 0.3 is 0 Å². The van der Waals surface area contributed by atoms with Crippen molar-refractivity contribution in [3.05, 3.63) is 59.7 Å². The smallest absolute Gasteiger partial charge is 0.174 e. The summed E-state index contributed by atoms with van der Waals surface area (Å²) in [7, 11) is 0. The molecule has 4 nitrogen and oxygen atoms in total. The number of thioether (sulfide) groups is 1. The van der Waals surface area contributed by atoms with E-state index in [4.69, 9.17) is 4.99 Å². The average Bonchev–Trinajstić information content (AvgIpc) is 3.04. The van der Waals surface area contributed by atoms with Gasteiger partial charge in [0.1, 0.15) is 0 Å². The van der Waals surface area contributed by atoms with Gasteiger partial charge in [0, 0.05) is 4.90 Å². The molecule has 21 heavy (non-hydrogen) atoms. The third-order valence-electron chi connectivity index (χ3n) is 3.70. The van der Waals surface area contributed by atoms with Gasteiger partial charge in [-0.3, -0.25) is 4.99 Å². The summed E-state index contributed by atoms with van der Waals surface area (Å²) in [6.07, 6.45) is 0. The van der Waals surface area contributed by atoms with Gasteiger partial charge in [0.25, 0.3) is 0 Å². The highest BCUT2D eigenvalue weighted by Gasteiger charge is 2.35. The zero-order chi connectivity index (χ0) is 14.4. The second-order valence-electron chi connectivity index (χ2n) is 4.98. The number of hydrogen-bond acceptors (Lipinski definition) is 5. The first-order valence-corrected chi connectivity index (χ1v) is 7.51. The maximum Gasteiger partial charge on any atom is 0.174 e. The summed E-state index contributed by atoms with van der Waals surface area (Å²) in [5.41, 5.74) is 3.48. The van der Waals surface area contributed by atoms with Crippen LogP contribution in [0.25, 0.3) is 0 Å². The van der Waals surface area contributed by atoms with Gasteiger partial charge in [0.2, 0.25) is 0 Å². The Morgan fingerprint density at radius 2 is 2.05 bits per heavy atom. The van der Waals surface area contributed by atoms with E-state index in [2.05, 4.69) is 17.0 Å². The van der Waals surface area contributed by atoms with Crippen molar-refractivity contribution < 1.29 is 9.90 Å². The zero-order valence-electron chi connectivity index (χ0n) is 11.0. The van der Waals surface area contributed by atoms with Crippen LogP contribution in [0.3, 0.4) is 0 Å². The Bertz CT molecular complexity index is 758. The van der Waals surface area contributed by atoms with Crippen molar-refractivity contribution in [2.45, 2.75) is 10.4 Å². The van der Waals surface area contributed by atoms with Crippen molar-refractivity contribution in [3.63, 3.8) is 0 Å². The molecule has 2 aromatic rings. The fourth-order valence-electron chi connectivity index (χ4n) is 2.66. The molecule has 0 N–H and O–H groups in total. The van der Waals surface area contributed by atoms with Crippen LogP contribution in [0.4, 0.5) is 5.69 Å². The fraction of sp³-hybridized carbons (Fsp3) is 0.125. The molecule has 0 saturated carbocycles.